The highest BCUT2D eigenvalue weighted by Crippen LogP contribution is 2.24. The molecule has 0 fully saturated rings. The van der Waals surface area contributed by atoms with E-state index in [4.69, 9.17) is 46.4 Å². The Bertz CT molecular complexity index is 940. The van der Waals surface area contributed by atoms with Crippen molar-refractivity contribution in [2.24, 2.45) is 0 Å². The minimum absolute atomic E-state index is 0.130. The summed E-state index contributed by atoms with van der Waals surface area (Å²) in [4.78, 5) is 23.8. The molecule has 0 aliphatic heterocycles. The standard InChI is InChI=1S/C26H28Cl4N2O2/c27-21-11-7-19(17-23(21)29)9-13-25(33)31-15-5-3-1-2-4-6-16-32-26(34)14-10-20-8-12-22(28)24(30)18-20/h7-14,17-18H,1-6,15-16H2,(H,31,33)(H,32,34). The van der Waals surface area contributed by atoms with Crippen LogP contribution in [0.1, 0.15) is 49.7 Å². The fourth-order valence-electron chi connectivity index (χ4n) is 3.07. The molecule has 0 saturated carbocycles. The highest BCUT2D eigenvalue weighted by atomic mass is 35.5. The predicted octanol–water partition coefficient (Wildman–Crippen LogP) is 7.60. The minimum atomic E-state index is -0.130. The number of hydrogen-bond acceptors (Lipinski definition) is 2. The number of benzene rings is 2. The zero-order chi connectivity index (χ0) is 24.8. The summed E-state index contributed by atoms with van der Waals surface area (Å²) in [6.07, 6.45) is 12.6. The van der Waals surface area contributed by atoms with Gasteiger partial charge in [-0.25, -0.2) is 0 Å². The quantitative estimate of drug-likeness (QED) is 0.202. The maximum absolute atomic E-state index is 11.9. The molecule has 0 aromatic heterocycles. The molecular weight excluding hydrogens is 514 g/mol. The molecule has 0 radical (unpaired) electrons. The molecule has 2 rings (SSSR count). The first-order chi connectivity index (χ1) is 16.3. The van der Waals surface area contributed by atoms with Gasteiger partial charge < -0.3 is 10.6 Å². The van der Waals surface area contributed by atoms with Gasteiger partial charge in [-0.05, 0) is 60.4 Å². The second-order valence-corrected chi connectivity index (χ2v) is 9.35. The summed E-state index contributed by atoms with van der Waals surface area (Å²) in [7, 11) is 0. The van der Waals surface area contributed by atoms with Crippen molar-refractivity contribution in [1.29, 1.82) is 0 Å². The van der Waals surface area contributed by atoms with Gasteiger partial charge >= 0.3 is 0 Å². The SMILES string of the molecule is O=C(C=Cc1ccc(Cl)c(Cl)c1)NCCCCCCCCNC(=O)C=Cc1ccc(Cl)c(Cl)c1. The number of hydrogen-bond donors (Lipinski definition) is 2. The third-order valence-corrected chi connectivity index (χ3v) is 6.42. The first-order valence-electron chi connectivity index (χ1n) is 11.2. The lowest BCUT2D eigenvalue weighted by Gasteiger charge is -2.04. The maximum Gasteiger partial charge on any atom is 0.243 e. The smallest absolute Gasteiger partial charge is 0.243 e. The second-order valence-electron chi connectivity index (χ2n) is 7.72. The number of carbonyl (C=O) groups is 2. The van der Waals surface area contributed by atoms with Gasteiger partial charge in [-0.3, -0.25) is 9.59 Å². The summed E-state index contributed by atoms with van der Waals surface area (Å²) in [5.41, 5.74) is 1.64. The van der Waals surface area contributed by atoms with E-state index in [1.807, 2.05) is 0 Å². The zero-order valence-electron chi connectivity index (χ0n) is 18.8. The largest absolute Gasteiger partial charge is 0.353 e. The van der Waals surface area contributed by atoms with Crippen molar-refractivity contribution < 1.29 is 9.59 Å². The van der Waals surface area contributed by atoms with Gasteiger partial charge in [-0.1, -0.05) is 84.2 Å². The molecule has 182 valence electrons. The van der Waals surface area contributed by atoms with E-state index < -0.39 is 0 Å². The molecule has 2 aromatic rings. The molecule has 0 saturated heterocycles. The number of nitrogens with one attached hydrogen (secondary N) is 2. The third-order valence-electron chi connectivity index (χ3n) is 4.94. The normalized spacial score (nSPS) is 11.3. The molecule has 4 nitrogen and oxygen atoms in total. The fourth-order valence-corrected chi connectivity index (χ4v) is 3.69. The topological polar surface area (TPSA) is 58.2 Å². The van der Waals surface area contributed by atoms with E-state index in [0.717, 1.165) is 49.7 Å². The summed E-state index contributed by atoms with van der Waals surface area (Å²) in [6, 6.07) is 10.4. The summed E-state index contributed by atoms with van der Waals surface area (Å²) >= 11 is 23.7. The van der Waals surface area contributed by atoms with Crippen LogP contribution >= 0.6 is 46.4 Å². The van der Waals surface area contributed by atoms with E-state index in [1.165, 1.54) is 12.2 Å². The molecular formula is C26H28Cl4N2O2. The average molecular weight is 542 g/mol. The highest BCUT2D eigenvalue weighted by Gasteiger charge is 2.00. The van der Waals surface area contributed by atoms with Crippen LogP contribution in [0.15, 0.2) is 48.6 Å². The van der Waals surface area contributed by atoms with Crippen LogP contribution in [0.3, 0.4) is 0 Å². The van der Waals surface area contributed by atoms with Crippen molar-refractivity contribution in [2.45, 2.75) is 38.5 Å². The Hall–Kier alpha value is -1.98. The third kappa shape index (κ3) is 11.4. The Morgan fingerprint density at radius 2 is 0.971 bits per heavy atom. The van der Waals surface area contributed by atoms with E-state index in [0.29, 0.717) is 33.2 Å². The Morgan fingerprint density at radius 3 is 1.35 bits per heavy atom. The number of carbonyl (C=O) groups excluding carboxylic acids is 2. The first-order valence-corrected chi connectivity index (χ1v) is 12.7. The van der Waals surface area contributed by atoms with E-state index in [9.17, 15) is 9.59 Å². The summed E-state index contributed by atoms with van der Waals surface area (Å²) in [5, 5.41) is 7.66. The van der Waals surface area contributed by atoms with Gasteiger partial charge in [0.25, 0.3) is 0 Å². The Balaban J connectivity index is 1.46. The van der Waals surface area contributed by atoms with Gasteiger partial charge in [0.2, 0.25) is 11.8 Å². The van der Waals surface area contributed by atoms with Gasteiger partial charge in [-0.15, -0.1) is 0 Å². The van der Waals surface area contributed by atoms with Crippen LogP contribution in [0.4, 0.5) is 0 Å². The lowest BCUT2D eigenvalue weighted by atomic mass is 10.1. The van der Waals surface area contributed by atoms with Gasteiger partial charge in [0.1, 0.15) is 0 Å². The van der Waals surface area contributed by atoms with Crippen LogP contribution < -0.4 is 10.6 Å². The van der Waals surface area contributed by atoms with Gasteiger partial charge in [0.05, 0.1) is 20.1 Å². The number of amides is 2. The molecule has 0 atom stereocenters. The van der Waals surface area contributed by atoms with Crippen LogP contribution in [0.2, 0.25) is 20.1 Å². The second kappa shape index (κ2) is 15.8. The van der Waals surface area contributed by atoms with E-state index >= 15 is 0 Å². The van der Waals surface area contributed by atoms with Crippen molar-refractivity contribution in [2.75, 3.05) is 13.1 Å². The van der Waals surface area contributed by atoms with E-state index in [1.54, 1.807) is 48.6 Å². The monoisotopic (exact) mass is 540 g/mol. The van der Waals surface area contributed by atoms with Crippen LogP contribution in [-0.2, 0) is 9.59 Å². The average Bonchev–Trinajstić information content (AvgIpc) is 2.81. The Kier molecular flexibility index (Phi) is 13.2. The molecule has 8 heteroatoms. The molecule has 2 aromatic carbocycles. The summed E-state index contributed by atoms with van der Waals surface area (Å²) in [5.74, 6) is -0.259. The molecule has 0 aliphatic rings. The summed E-state index contributed by atoms with van der Waals surface area (Å²) in [6.45, 7) is 1.29. The van der Waals surface area contributed by atoms with Crippen LogP contribution in [0, 0.1) is 0 Å². The highest BCUT2D eigenvalue weighted by molar-refractivity contribution is 6.42. The molecule has 0 spiro atoms. The molecule has 0 bridgehead atoms. The van der Waals surface area contributed by atoms with Crippen molar-refractivity contribution in [3.05, 3.63) is 79.8 Å². The fraction of sp³-hybridized carbons (Fsp3) is 0.308. The zero-order valence-corrected chi connectivity index (χ0v) is 21.8. The molecule has 0 aliphatic carbocycles. The number of halogens is 4. The van der Waals surface area contributed by atoms with E-state index in [2.05, 4.69) is 10.6 Å². The molecule has 34 heavy (non-hydrogen) atoms. The van der Waals surface area contributed by atoms with Gasteiger partial charge in [0.15, 0.2) is 0 Å². The Morgan fingerprint density at radius 1 is 0.588 bits per heavy atom. The number of rotatable bonds is 13. The number of unbranched alkanes of at least 4 members (excludes halogenated alkanes) is 5. The van der Waals surface area contributed by atoms with Gasteiger partial charge in [0, 0.05) is 25.2 Å². The first kappa shape index (κ1) is 28.3. The van der Waals surface area contributed by atoms with Crippen LogP contribution in [0.25, 0.3) is 12.2 Å². The summed E-state index contributed by atoms with van der Waals surface area (Å²) < 4.78 is 0. The maximum atomic E-state index is 11.9. The lowest BCUT2D eigenvalue weighted by Crippen LogP contribution is -2.22. The Labute approximate surface area is 221 Å². The minimum Gasteiger partial charge on any atom is -0.353 e. The van der Waals surface area contributed by atoms with E-state index in [-0.39, 0.29) is 11.8 Å². The predicted molar refractivity (Wildman–Crippen MR) is 145 cm³/mol. The van der Waals surface area contributed by atoms with Crippen LogP contribution in [0.5, 0.6) is 0 Å². The van der Waals surface area contributed by atoms with Gasteiger partial charge in [-0.2, -0.15) is 0 Å². The molecule has 2 N–H and O–H groups in total. The van der Waals surface area contributed by atoms with Crippen molar-refractivity contribution in [1.82, 2.24) is 10.6 Å². The van der Waals surface area contributed by atoms with Crippen molar-refractivity contribution in [3.8, 4) is 0 Å². The molecule has 0 unspecified atom stereocenters. The lowest BCUT2D eigenvalue weighted by molar-refractivity contribution is -0.117. The van der Waals surface area contributed by atoms with Crippen molar-refractivity contribution in [3.63, 3.8) is 0 Å². The molecule has 0 heterocycles. The van der Waals surface area contributed by atoms with Crippen molar-refractivity contribution >= 4 is 70.4 Å². The van der Waals surface area contributed by atoms with Crippen LogP contribution in [-0.4, -0.2) is 24.9 Å². The molecule has 2 amide bonds.